The molecule has 0 fully saturated rings. The van der Waals surface area contributed by atoms with Crippen molar-refractivity contribution in [2.75, 3.05) is 0 Å². The van der Waals surface area contributed by atoms with Gasteiger partial charge in [0, 0.05) is 0 Å². The Morgan fingerprint density at radius 1 is 0.854 bits per heavy atom. The molecular formula is C37H33Cl2GeHf. The van der Waals surface area contributed by atoms with Gasteiger partial charge in [0.05, 0.1) is 0 Å². The molecule has 41 heavy (non-hydrogen) atoms. The minimum absolute atomic E-state index is 0.130. The number of allylic oxidation sites excluding steroid dienone is 17. The molecular weight excluding hydrogens is 766 g/mol. The van der Waals surface area contributed by atoms with Crippen molar-refractivity contribution < 1.29 is 19.1 Å². The van der Waals surface area contributed by atoms with E-state index in [1.54, 1.807) is 4.41 Å². The maximum atomic E-state index is 7.63. The Bertz CT molecular complexity index is 1770. The summed E-state index contributed by atoms with van der Waals surface area (Å²) in [4.78, 5) is 2.47. The van der Waals surface area contributed by atoms with E-state index in [2.05, 4.69) is 130 Å². The second-order valence-corrected chi connectivity index (χ2v) is 27.5. The molecule has 1 heterocycles. The first-order chi connectivity index (χ1) is 19.9. The van der Waals surface area contributed by atoms with E-state index in [9.17, 15) is 0 Å². The molecule has 0 nitrogen and oxygen atoms in total. The molecule has 4 heteroatoms. The SMILES string of the molecule is CC1=CC(C)=C(C2=C(C)[C](C3=[C]4[GeH2][CH]=CC=C4c4ccccc43)([Hf]([Cl])[Cl])C3=C2C(c2ccccc2)C=CC=C3)C1C. The second kappa shape index (κ2) is 10.7. The minimum atomic E-state index is -3.39. The summed E-state index contributed by atoms with van der Waals surface area (Å²) in [6.07, 6.45) is 16.2. The van der Waals surface area contributed by atoms with E-state index >= 15 is 0 Å². The molecule has 2 aromatic carbocycles. The summed E-state index contributed by atoms with van der Waals surface area (Å²) < 4.78 is 1.15. The van der Waals surface area contributed by atoms with Crippen molar-refractivity contribution >= 4 is 43.7 Å². The van der Waals surface area contributed by atoms with Crippen LogP contribution in [0.2, 0.25) is 3.17 Å². The standard InChI is InChI=1S/C37H33Ge.2ClH.Hf/c1-22-21-23(2)32(24(22)3)34-25(4)33(31-18-11-8-15-27(35(31)34)26-13-6-5-7-14-26)36-29-17-10-9-16-28(29)30-19-12-20-38-37(30)36;;;/h5-21,24,27H,38H2,1-4H3;2*1H;/q;;;+2/p-2. The molecule has 5 aliphatic rings. The molecule has 2 aromatic rings. The molecule has 0 saturated carbocycles. The number of benzene rings is 2. The van der Waals surface area contributed by atoms with Crippen LogP contribution in [0, 0.1) is 5.92 Å². The van der Waals surface area contributed by atoms with Crippen LogP contribution in [0.3, 0.4) is 0 Å². The third-order valence-corrected chi connectivity index (χ3v) is 23.1. The van der Waals surface area contributed by atoms with Crippen molar-refractivity contribution in [2.45, 2.75) is 36.8 Å². The van der Waals surface area contributed by atoms with Gasteiger partial charge in [-0.2, -0.15) is 0 Å². The van der Waals surface area contributed by atoms with Gasteiger partial charge in [-0.05, 0) is 0 Å². The molecule has 0 aromatic heterocycles. The second-order valence-electron chi connectivity index (χ2n) is 11.8. The van der Waals surface area contributed by atoms with Gasteiger partial charge in [0.1, 0.15) is 0 Å². The van der Waals surface area contributed by atoms with Crippen LogP contribution in [-0.4, -0.2) is 15.4 Å². The van der Waals surface area contributed by atoms with Gasteiger partial charge in [0.25, 0.3) is 0 Å². The van der Waals surface area contributed by atoms with Crippen molar-refractivity contribution in [1.29, 1.82) is 0 Å². The van der Waals surface area contributed by atoms with Crippen LogP contribution in [-0.2, 0) is 19.1 Å². The summed E-state index contributed by atoms with van der Waals surface area (Å²) in [7, 11) is 15.3. The Morgan fingerprint density at radius 3 is 2.29 bits per heavy atom. The zero-order valence-electron chi connectivity index (χ0n) is 23.9. The molecule has 0 bridgehead atoms. The summed E-state index contributed by atoms with van der Waals surface area (Å²) >= 11 is -4.56. The molecule has 0 N–H and O–H groups in total. The summed E-state index contributed by atoms with van der Waals surface area (Å²) in [6, 6.07) is 20.0. The van der Waals surface area contributed by atoms with E-state index in [-0.39, 0.29) is 5.92 Å². The van der Waals surface area contributed by atoms with Crippen LogP contribution in [0.25, 0.3) is 11.1 Å². The Balaban J connectivity index is 1.62. The normalized spacial score (nSPS) is 27.0. The van der Waals surface area contributed by atoms with E-state index < -0.39 is 37.7 Å². The number of rotatable bonds is 4. The Labute approximate surface area is 265 Å². The number of hydrogen-bond donors (Lipinski definition) is 0. The van der Waals surface area contributed by atoms with Gasteiger partial charge in [0.15, 0.2) is 0 Å². The third kappa shape index (κ3) is 4.02. The average molecular weight is 800 g/mol. The van der Waals surface area contributed by atoms with E-state index in [4.69, 9.17) is 17.2 Å². The topological polar surface area (TPSA) is 0 Å². The average Bonchev–Trinajstić information content (AvgIpc) is 3.44. The molecule has 4 aliphatic carbocycles. The third-order valence-electron chi connectivity index (χ3n) is 9.80. The van der Waals surface area contributed by atoms with E-state index in [1.165, 1.54) is 66.8 Å². The van der Waals surface area contributed by atoms with Gasteiger partial charge in [0.2, 0.25) is 0 Å². The Kier molecular flexibility index (Phi) is 7.26. The molecule has 203 valence electrons. The van der Waals surface area contributed by atoms with Crippen LogP contribution < -0.4 is 0 Å². The van der Waals surface area contributed by atoms with Crippen LogP contribution in [0.4, 0.5) is 0 Å². The van der Waals surface area contributed by atoms with E-state index in [1.807, 2.05) is 0 Å². The molecule has 7 rings (SSSR count). The van der Waals surface area contributed by atoms with Crippen LogP contribution in [0.1, 0.15) is 50.3 Å². The quantitative estimate of drug-likeness (QED) is 0.271. The number of fused-ring (bicyclic) bond motifs is 3. The fourth-order valence-corrected chi connectivity index (χ4v) is 23.0. The number of hydrogen-bond acceptors (Lipinski definition) is 0. The fourth-order valence-electron chi connectivity index (χ4n) is 7.94. The van der Waals surface area contributed by atoms with Crippen molar-refractivity contribution in [3.05, 3.63) is 162 Å². The zero-order chi connectivity index (χ0) is 28.5. The number of halogens is 2. The first-order valence-corrected chi connectivity index (χ1v) is 28.4. The molecule has 3 unspecified atom stereocenters. The first-order valence-electron chi connectivity index (χ1n) is 14.5. The Hall–Kier alpha value is -1.91. The van der Waals surface area contributed by atoms with Gasteiger partial charge < -0.3 is 0 Å². The maximum absolute atomic E-state index is 7.63. The van der Waals surface area contributed by atoms with Crippen molar-refractivity contribution in [3.8, 4) is 0 Å². The van der Waals surface area contributed by atoms with Crippen LogP contribution >= 0.6 is 17.2 Å². The summed E-state index contributed by atoms with van der Waals surface area (Å²) in [5.41, 5.74) is 16.7. The predicted molar refractivity (Wildman–Crippen MR) is 176 cm³/mol. The summed E-state index contributed by atoms with van der Waals surface area (Å²) in [6.45, 7) is 9.32. The van der Waals surface area contributed by atoms with Gasteiger partial charge in [-0.1, -0.05) is 0 Å². The van der Waals surface area contributed by atoms with Crippen LogP contribution in [0.5, 0.6) is 0 Å². The molecule has 1 aliphatic heterocycles. The summed E-state index contributed by atoms with van der Waals surface area (Å²) in [5, 5.41) is 0. The van der Waals surface area contributed by atoms with Gasteiger partial charge >= 0.3 is 268 Å². The zero-order valence-corrected chi connectivity index (χ0v) is 32.0. The molecule has 3 atom stereocenters. The molecule has 0 amide bonds. The van der Waals surface area contributed by atoms with Gasteiger partial charge in [-0.25, -0.2) is 0 Å². The summed E-state index contributed by atoms with van der Waals surface area (Å²) in [5.74, 6) is 0.487. The van der Waals surface area contributed by atoms with Crippen molar-refractivity contribution in [1.82, 2.24) is 0 Å². The first kappa shape index (κ1) is 27.9. The van der Waals surface area contributed by atoms with E-state index in [0.29, 0.717) is 5.92 Å². The molecule has 0 spiro atoms. The van der Waals surface area contributed by atoms with Gasteiger partial charge in [-0.3, -0.25) is 0 Å². The van der Waals surface area contributed by atoms with Gasteiger partial charge in [-0.15, -0.1) is 0 Å². The molecule has 0 saturated heterocycles. The Morgan fingerprint density at radius 2 is 1.59 bits per heavy atom. The monoisotopic (exact) mass is 801 g/mol. The fraction of sp³-hybridized carbons (Fsp3) is 0.189. The van der Waals surface area contributed by atoms with Crippen molar-refractivity contribution in [2.24, 2.45) is 5.92 Å². The molecule has 0 radical (unpaired) electrons. The van der Waals surface area contributed by atoms with Crippen LogP contribution in [0.15, 0.2) is 145 Å². The predicted octanol–water partition coefficient (Wildman–Crippen LogP) is 10.0. The van der Waals surface area contributed by atoms with E-state index in [0.717, 1.165) is 0 Å². The van der Waals surface area contributed by atoms with Crippen molar-refractivity contribution in [3.63, 3.8) is 0 Å².